The number of hydrogen-bond donors (Lipinski definition) is 3. The number of rotatable bonds is 5. The van der Waals surface area contributed by atoms with Crippen LogP contribution >= 0.6 is 40.7 Å². The van der Waals surface area contributed by atoms with Gasteiger partial charge in [-0.1, -0.05) is 6.42 Å². The summed E-state index contributed by atoms with van der Waals surface area (Å²) < 4.78 is 0. The molecule has 4 nitrogen and oxygen atoms in total. The van der Waals surface area contributed by atoms with E-state index in [1.807, 2.05) is 0 Å². The molecule has 0 aromatic rings. The van der Waals surface area contributed by atoms with Crippen molar-refractivity contribution in [3.05, 3.63) is 0 Å². The van der Waals surface area contributed by atoms with Crippen molar-refractivity contribution in [2.75, 3.05) is 6.54 Å². The van der Waals surface area contributed by atoms with Gasteiger partial charge >= 0.3 is 55.1 Å². The van der Waals surface area contributed by atoms with Crippen LogP contribution in [0.4, 0.5) is 0 Å². The molecule has 0 aliphatic rings. The van der Waals surface area contributed by atoms with E-state index in [2.05, 4.69) is 40.7 Å². The third kappa shape index (κ3) is 16.1. The van der Waals surface area contributed by atoms with Crippen molar-refractivity contribution in [3.8, 4) is 0 Å². The molecule has 5 N–H and O–H groups in total. The van der Waals surface area contributed by atoms with E-state index in [1.54, 1.807) is 0 Å². The normalized spacial score (nSPS) is 11.4. The Morgan fingerprint density at radius 2 is 1.92 bits per heavy atom. The van der Waals surface area contributed by atoms with E-state index >= 15 is 0 Å². The van der Waals surface area contributed by atoms with Gasteiger partial charge < -0.3 is 16.6 Å². The number of nitrogens with two attached hydrogens (primary N) is 2. The van der Waals surface area contributed by atoms with E-state index in [-0.39, 0.29) is 0 Å². The topological polar surface area (TPSA) is 89.3 Å². The third-order valence-corrected chi connectivity index (χ3v) is 1.29. The van der Waals surface area contributed by atoms with E-state index < -0.39 is 12.0 Å². The van der Waals surface area contributed by atoms with Crippen LogP contribution in [0.15, 0.2) is 0 Å². The molecule has 0 bridgehead atoms. The van der Waals surface area contributed by atoms with Crippen LogP contribution < -0.4 is 11.5 Å². The van der Waals surface area contributed by atoms with Gasteiger partial charge in [0.15, 0.2) is 0 Å². The second-order valence-electron chi connectivity index (χ2n) is 2.28. The summed E-state index contributed by atoms with van der Waals surface area (Å²) in [6, 6.07) is -0.716. The zero-order valence-electron chi connectivity index (χ0n) is 7.05. The first-order valence-electron chi connectivity index (χ1n) is 3.65. The Morgan fingerprint density at radius 1 is 1.46 bits per heavy atom. The minimum atomic E-state index is -0.933. The Labute approximate surface area is 107 Å². The number of halogens is 2. The van der Waals surface area contributed by atoms with Crippen LogP contribution in [0.25, 0.3) is 0 Å². The van der Waals surface area contributed by atoms with E-state index in [9.17, 15) is 4.79 Å². The van der Waals surface area contributed by atoms with Crippen LogP contribution in [0.3, 0.4) is 0 Å². The summed E-state index contributed by atoms with van der Waals surface area (Å²) in [6.07, 6.45) is 2.16. The molecular weight excluding hydrogens is 441 g/mol. The van der Waals surface area contributed by atoms with E-state index in [0.717, 1.165) is 21.3 Å². The Bertz CT molecular complexity index is 129. The van der Waals surface area contributed by atoms with Crippen molar-refractivity contribution in [1.82, 2.24) is 0 Å². The molecule has 0 spiro atoms. The van der Waals surface area contributed by atoms with Crippen LogP contribution in [0.5, 0.6) is 0 Å². The Morgan fingerprint density at radius 3 is 2.23 bits per heavy atom. The molecule has 0 fully saturated rings. The second-order valence-corrected chi connectivity index (χ2v) is 12.2. The summed E-state index contributed by atoms with van der Waals surface area (Å²) in [4.78, 5) is 10.1. The van der Waals surface area contributed by atoms with Crippen molar-refractivity contribution < 1.29 is 18.4 Å². The molecule has 1 atom stereocenters. The Balaban J connectivity index is 0. The van der Waals surface area contributed by atoms with Gasteiger partial charge in [0.1, 0.15) is 6.04 Å². The van der Waals surface area contributed by atoms with Gasteiger partial charge in [-0.3, -0.25) is 4.79 Å². The van der Waals surface area contributed by atoms with Gasteiger partial charge in [0.05, 0.1) is 0 Å². The standard InChI is InChI=1S/C6H14N2O2.2HI.Mn/c7-4-2-1-3-5(8)6(9)10;;;/h5H,1-4,7-8H2,(H,9,10);2*1H;/q;;;+2/p-2/t5-;;;/m0.../s1. The molecule has 0 aromatic carbocycles. The quantitative estimate of drug-likeness (QED) is 0.332. The van der Waals surface area contributed by atoms with Gasteiger partial charge in [0.2, 0.25) is 0 Å². The van der Waals surface area contributed by atoms with Crippen molar-refractivity contribution in [2.24, 2.45) is 11.5 Å². The summed E-state index contributed by atoms with van der Waals surface area (Å²) in [5.41, 5.74) is 10.4. The average molecular weight is 455 g/mol. The second kappa shape index (κ2) is 13.4. The van der Waals surface area contributed by atoms with Gasteiger partial charge in [-0.15, -0.1) is 0 Å². The molecule has 7 heteroatoms. The first-order valence-corrected chi connectivity index (χ1v) is 11.3. The molecular formula is C6H14I2MnN2O2. The van der Waals surface area contributed by atoms with Gasteiger partial charge in [0.25, 0.3) is 0 Å². The fourth-order valence-electron chi connectivity index (χ4n) is 0.632. The van der Waals surface area contributed by atoms with E-state index in [0.29, 0.717) is 13.0 Å². The molecule has 0 radical (unpaired) electrons. The van der Waals surface area contributed by atoms with Crippen LogP contribution in [0, 0.1) is 0 Å². The predicted octanol–water partition coefficient (Wildman–Crippen LogP) is 1.30. The SMILES string of the molecule is NCCCC[C@H](N)C(=O)O.[I][Mn][I]. The zero-order valence-corrected chi connectivity index (χ0v) is 12.5. The Hall–Kier alpha value is 1.37. The van der Waals surface area contributed by atoms with Crippen LogP contribution in [-0.2, 0) is 13.3 Å². The number of carbonyl (C=O) groups is 1. The van der Waals surface area contributed by atoms with Crippen molar-refractivity contribution in [2.45, 2.75) is 25.3 Å². The number of aliphatic carboxylic acids is 1. The molecule has 0 aromatic heterocycles. The predicted molar refractivity (Wildman–Crippen MR) is 66.6 cm³/mol. The van der Waals surface area contributed by atoms with Gasteiger partial charge in [-0.05, 0) is 19.4 Å². The number of unbranched alkanes of at least 4 members (excludes halogenated alkanes) is 1. The number of carboxylic acid groups (broad SMARTS) is 1. The van der Waals surface area contributed by atoms with Crippen LogP contribution in [-0.4, -0.2) is 23.7 Å². The third-order valence-electron chi connectivity index (χ3n) is 1.29. The van der Waals surface area contributed by atoms with Gasteiger partial charge in [0, 0.05) is 0 Å². The maximum absolute atomic E-state index is 10.1. The fourth-order valence-corrected chi connectivity index (χ4v) is 0.632. The summed E-state index contributed by atoms with van der Waals surface area (Å²) in [7, 11) is 1.00. The first-order chi connectivity index (χ1) is 6.09. The van der Waals surface area contributed by atoms with Crippen molar-refractivity contribution in [3.63, 3.8) is 0 Å². The molecule has 0 unspecified atom stereocenters. The molecule has 0 rings (SSSR count). The van der Waals surface area contributed by atoms with Gasteiger partial charge in [-0.25, -0.2) is 0 Å². The molecule has 0 aliphatic heterocycles. The summed E-state index contributed by atoms with van der Waals surface area (Å²) in [5.74, 6) is -0.933. The number of carboxylic acids is 1. The molecule has 0 saturated heterocycles. The molecule has 0 saturated carbocycles. The summed E-state index contributed by atoms with van der Waals surface area (Å²) in [5, 5.41) is 8.33. The van der Waals surface area contributed by atoms with Gasteiger partial charge in [-0.2, -0.15) is 0 Å². The van der Waals surface area contributed by atoms with Crippen LogP contribution in [0.1, 0.15) is 19.3 Å². The van der Waals surface area contributed by atoms with Crippen molar-refractivity contribution in [1.29, 1.82) is 0 Å². The summed E-state index contributed by atoms with van der Waals surface area (Å²) >= 11 is 4.61. The van der Waals surface area contributed by atoms with Crippen LogP contribution in [0.2, 0.25) is 0 Å². The fraction of sp³-hybridized carbons (Fsp3) is 0.833. The van der Waals surface area contributed by atoms with Crippen molar-refractivity contribution >= 4 is 46.7 Å². The maximum atomic E-state index is 10.1. The number of hydrogen-bond acceptors (Lipinski definition) is 3. The molecule has 0 amide bonds. The average Bonchev–Trinajstić information content (AvgIpc) is 2.06. The molecule has 13 heavy (non-hydrogen) atoms. The minimum absolute atomic E-state index is 0.520. The monoisotopic (exact) mass is 455 g/mol. The summed E-state index contributed by atoms with van der Waals surface area (Å²) in [6.45, 7) is 0.604. The molecule has 81 valence electrons. The van der Waals surface area contributed by atoms with E-state index in [4.69, 9.17) is 16.6 Å². The molecule has 0 heterocycles. The molecule has 0 aliphatic carbocycles. The zero-order chi connectivity index (χ0) is 10.7. The van der Waals surface area contributed by atoms with E-state index in [1.165, 1.54) is 0 Å². The first kappa shape index (κ1) is 16.8. The Kier molecular flexibility index (Phi) is 17.3.